The van der Waals surface area contributed by atoms with Crippen molar-refractivity contribution in [2.75, 3.05) is 36.8 Å². The summed E-state index contributed by atoms with van der Waals surface area (Å²) in [5.74, 6) is 0.322. The monoisotopic (exact) mass is 520 g/mol. The number of benzene rings is 2. The molecule has 38 heavy (non-hydrogen) atoms. The number of carbonyl (C=O) groups excluding carboxylic acids is 1. The summed E-state index contributed by atoms with van der Waals surface area (Å²) in [6.45, 7) is 4.57. The molecule has 0 spiro atoms. The van der Waals surface area contributed by atoms with Crippen LogP contribution in [0.1, 0.15) is 39.0 Å². The smallest absolute Gasteiger partial charge is 0.407 e. The second kappa shape index (κ2) is 12.9. The molecule has 0 aromatic heterocycles. The highest BCUT2D eigenvalue weighted by Gasteiger charge is 2.32. The second-order valence-corrected chi connectivity index (χ2v) is 9.45. The maximum absolute atomic E-state index is 12.8. The highest BCUT2D eigenvalue weighted by atomic mass is 16.4. The number of hydrogen-bond acceptors (Lipinski definition) is 6. The molecule has 2 aromatic carbocycles. The molecule has 11 nitrogen and oxygen atoms in total. The number of rotatable bonds is 9. The molecule has 2 saturated heterocycles. The molecule has 0 saturated carbocycles. The van der Waals surface area contributed by atoms with Crippen molar-refractivity contribution in [1.29, 1.82) is 0 Å². The predicted octanol–water partition coefficient (Wildman–Crippen LogP) is 4.78. The summed E-state index contributed by atoms with van der Waals surface area (Å²) in [4.78, 5) is 31.7. The lowest BCUT2D eigenvalue weighted by atomic mass is 10.1. The summed E-state index contributed by atoms with van der Waals surface area (Å²) in [7, 11) is 0. The van der Waals surface area contributed by atoms with E-state index in [1.165, 1.54) is 4.90 Å². The predicted molar refractivity (Wildman–Crippen MR) is 148 cm³/mol. The van der Waals surface area contributed by atoms with E-state index in [4.69, 9.17) is 5.73 Å². The molecule has 2 fully saturated rings. The van der Waals surface area contributed by atoms with E-state index in [2.05, 4.69) is 25.9 Å². The molecule has 202 valence electrons. The van der Waals surface area contributed by atoms with Crippen LogP contribution in [0, 0.1) is 0 Å². The number of nitrogens with two attached hydrogens (primary N) is 1. The molecule has 2 aliphatic heterocycles. The zero-order valence-electron chi connectivity index (χ0n) is 21.7. The third kappa shape index (κ3) is 6.99. The van der Waals surface area contributed by atoms with Crippen LogP contribution in [0.3, 0.4) is 0 Å². The van der Waals surface area contributed by atoms with Gasteiger partial charge in [0.2, 0.25) is 5.91 Å². The number of guanidine groups is 1. The molecule has 11 heteroatoms. The number of anilines is 2. The first-order valence-electron chi connectivity index (χ1n) is 13.2. The Morgan fingerprint density at radius 2 is 1.55 bits per heavy atom. The van der Waals surface area contributed by atoms with Gasteiger partial charge in [-0.3, -0.25) is 9.79 Å². The van der Waals surface area contributed by atoms with E-state index in [-0.39, 0.29) is 18.0 Å². The van der Waals surface area contributed by atoms with Gasteiger partial charge >= 0.3 is 6.09 Å². The van der Waals surface area contributed by atoms with Gasteiger partial charge in [-0.05, 0) is 87.6 Å². The minimum atomic E-state index is -0.833. The Hall–Kier alpha value is -4.15. The minimum absolute atomic E-state index is 0.0873. The first-order chi connectivity index (χ1) is 18.4. The first kappa shape index (κ1) is 26.9. The lowest BCUT2D eigenvalue weighted by Gasteiger charge is -2.24. The Morgan fingerprint density at radius 1 is 0.947 bits per heavy atom. The second-order valence-electron chi connectivity index (χ2n) is 9.45. The number of hydrogen-bond donors (Lipinski definition) is 4. The van der Waals surface area contributed by atoms with Gasteiger partial charge in [0.15, 0.2) is 5.96 Å². The number of likely N-dealkylation sites (tertiary alicyclic amines) is 2. The van der Waals surface area contributed by atoms with Gasteiger partial charge in [-0.1, -0.05) is 0 Å². The summed E-state index contributed by atoms with van der Waals surface area (Å²) >= 11 is 0. The summed E-state index contributed by atoms with van der Waals surface area (Å²) in [6.07, 6.45) is 3.45. The van der Waals surface area contributed by atoms with E-state index in [1.54, 1.807) is 24.3 Å². The van der Waals surface area contributed by atoms with Crippen LogP contribution in [0.15, 0.2) is 63.8 Å². The number of aliphatic imine (C=N–C) groups is 1. The van der Waals surface area contributed by atoms with E-state index in [0.717, 1.165) is 44.3 Å². The number of nitrogens with one attached hydrogen (secondary N) is 2. The largest absolute Gasteiger partial charge is 0.465 e. The molecule has 2 atom stereocenters. The molecular weight excluding hydrogens is 484 g/mol. The summed E-state index contributed by atoms with van der Waals surface area (Å²) in [6, 6.07) is 14.6. The Bertz CT molecular complexity index is 1150. The standard InChI is InChI=1S/C27H36N8O3/c1-2-29-26(28)35-18-4-6-24(35)25(36)31-20-9-13-22(14-10-20)33-32-21-11-7-19(8-12-21)30-16-15-23-5-3-17-34(23)27(37)38/h7-14,23-24,30H,2-6,15-18H2,1H3,(H2,28,29)(H,31,36)(H,37,38). The lowest BCUT2D eigenvalue weighted by Crippen LogP contribution is -2.46. The fourth-order valence-corrected chi connectivity index (χ4v) is 4.94. The van der Waals surface area contributed by atoms with Crippen molar-refractivity contribution < 1.29 is 14.7 Å². The van der Waals surface area contributed by atoms with E-state index in [0.29, 0.717) is 42.7 Å². The van der Waals surface area contributed by atoms with Crippen molar-refractivity contribution in [1.82, 2.24) is 9.80 Å². The number of carbonyl (C=O) groups is 2. The summed E-state index contributed by atoms with van der Waals surface area (Å²) in [5, 5.41) is 24.1. The van der Waals surface area contributed by atoms with Crippen LogP contribution in [-0.2, 0) is 4.79 Å². The van der Waals surface area contributed by atoms with Crippen LogP contribution in [0.25, 0.3) is 0 Å². The maximum atomic E-state index is 12.8. The Morgan fingerprint density at radius 3 is 2.18 bits per heavy atom. The number of amides is 2. The normalized spacial score (nSPS) is 19.8. The summed E-state index contributed by atoms with van der Waals surface area (Å²) < 4.78 is 0. The molecule has 0 bridgehead atoms. The Labute approximate surface area is 222 Å². The number of carboxylic acid groups (broad SMARTS) is 1. The molecule has 2 aliphatic rings. The van der Waals surface area contributed by atoms with Crippen LogP contribution >= 0.6 is 0 Å². The Balaban J connectivity index is 1.25. The van der Waals surface area contributed by atoms with Gasteiger partial charge in [-0.15, -0.1) is 0 Å². The molecule has 2 unspecified atom stereocenters. The molecular formula is C27H36N8O3. The van der Waals surface area contributed by atoms with Crippen molar-refractivity contribution in [2.45, 2.75) is 51.1 Å². The zero-order valence-corrected chi connectivity index (χ0v) is 21.7. The average molecular weight is 521 g/mol. The third-order valence-corrected chi connectivity index (χ3v) is 6.88. The van der Waals surface area contributed by atoms with Gasteiger partial charge in [0, 0.05) is 43.6 Å². The van der Waals surface area contributed by atoms with Gasteiger partial charge in [0.25, 0.3) is 0 Å². The first-order valence-corrected chi connectivity index (χ1v) is 13.2. The third-order valence-electron chi connectivity index (χ3n) is 6.88. The highest BCUT2D eigenvalue weighted by molar-refractivity contribution is 5.97. The lowest BCUT2D eigenvalue weighted by molar-refractivity contribution is -0.119. The molecule has 5 N–H and O–H groups in total. The molecule has 2 heterocycles. The molecule has 4 rings (SSSR count). The van der Waals surface area contributed by atoms with Crippen LogP contribution in [0.4, 0.5) is 27.5 Å². The minimum Gasteiger partial charge on any atom is -0.465 e. The van der Waals surface area contributed by atoms with Crippen molar-refractivity contribution in [2.24, 2.45) is 21.0 Å². The van der Waals surface area contributed by atoms with Crippen LogP contribution in [0.5, 0.6) is 0 Å². The van der Waals surface area contributed by atoms with Crippen molar-refractivity contribution in [3.05, 3.63) is 48.5 Å². The van der Waals surface area contributed by atoms with Crippen molar-refractivity contribution in [3.63, 3.8) is 0 Å². The summed E-state index contributed by atoms with van der Waals surface area (Å²) in [5.41, 5.74) is 9.06. The molecule has 0 radical (unpaired) electrons. The molecule has 2 aromatic rings. The quantitative estimate of drug-likeness (QED) is 0.212. The fourth-order valence-electron chi connectivity index (χ4n) is 4.94. The topological polar surface area (TPSA) is 148 Å². The molecule has 2 amide bonds. The van der Waals surface area contributed by atoms with Gasteiger partial charge in [-0.2, -0.15) is 10.2 Å². The van der Waals surface area contributed by atoms with Gasteiger partial charge < -0.3 is 31.3 Å². The zero-order chi connectivity index (χ0) is 26.9. The number of nitrogens with zero attached hydrogens (tertiary/aromatic N) is 5. The van der Waals surface area contributed by atoms with Gasteiger partial charge in [0.1, 0.15) is 6.04 Å². The van der Waals surface area contributed by atoms with E-state index in [9.17, 15) is 14.7 Å². The van der Waals surface area contributed by atoms with Crippen molar-refractivity contribution in [3.8, 4) is 0 Å². The van der Waals surface area contributed by atoms with E-state index < -0.39 is 6.09 Å². The van der Waals surface area contributed by atoms with E-state index in [1.807, 2.05) is 36.1 Å². The van der Waals surface area contributed by atoms with E-state index >= 15 is 0 Å². The highest BCUT2D eigenvalue weighted by Crippen LogP contribution is 2.24. The van der Waals surface area contributed by atoms with Gasteiger partial charge in [-0.25, -0.2) is 4.79 Å². The SMILES string of the molecule is CCN=C(N)N1CCCC1C(=O)Nc1ccc(N=Nc2ccc(NCCC3CCCN3C(=O)O)cc2)cc1. The Kier molecular flexibility index (Phi) is 9.12. The van der Waals surface area contributed by atoms with Crippen LogP contribution in [-0.4, -0.2) is 71.1 Å². The number of azo groups is 1. The maximum Gasteiger partial charge on any atom is 0.407 e. The molecule has 0 aliphatic carbocycles. The van der Waals surface area contributed by atoms with Crippen LogP contribution in [0.2, 0.25) is 0 Å². The van der Waals surface area contributed by atoms with Crippen molar-refractivity contribution >= 4 is 40.7 Å². The van der Waals surface area contributed by atoms with Crippen LogP contribution < -0.4 is 16.4 Å². The fraction of sp³-hybridized carbons (Fsp3) is 0.444. The average Bonchev–Trinajstić information content (AvgIpc) is 3.60. The van der Waals surface area contributed by atoms with Gasteiger partial charge in [0.05, 0.1) is 11.4 Å².